The average Bonchev–Trinajstić information content (AvgIpc) is 2.79. The molecule has 0 aliphatic carbocycles. The number of benzene rings is 1. The molecule has 0 bridgehead atoms. The minimum atomic E-state index is -0.351. The summed E-state index contributed by atoms with van der Waals surface area (Å²) in [5.41, 5.74) is 1.74. The van der Waals surface area contributed by atoms with Crippen LogP contribution in [0.1, 0.15) is 15.4 Å². The molecule has 0 saturated heterocycles. The van der Waals surface area contributed by atoms with Crippen LogP contribution < -0.4 is 19.8 Å². The third-order valence-corrected chi connectivity index (χ3v) is 4.94. The number of nitrogens with zero attached hydrogens (tertiary/aromatic N) is 2. The number of carbonyl (C=O) groups excluding carboxylic acids is 2. The highest BCUT2D eigenvalue weighted by molar-refractivity contribution is 7.11. The lowest BCUT2D eigenvalue weighted by Crippen LogP contribution is -2.35. The fourth-order valence-corrected chi connectivity index (χ4v) is 3.14. The van der Waals surface area contributed by atoms with E-state index in [2.05, 4.69) is 5.32 Å². The van der Waals surface area contributed by atoms with Gasteiger partial charge in [0.15, 0.2) is 6.61 Å². The molecule has 1 aliphatic rings. The van der Waals surface area contributed by atoms with E-state index in [1.807, 2.05) is 0 Å². The number of likely N-dealkylation sites (N-methyl/N-ethyl adjacent to an activating group) is 1. The summed E-state index contributed by atoms with van der Waals surface area (Å²) < 4.78 is 6.78. The average molecular weight is 333 g/mol. The number of hydrogen-bond donors (Lipinski definition) is 1. The van der Waals surface area contributed by atoms with Crippen molar-refractivity contribution < 1.29 is 14.3 Å². The topological polar surface area (TPSA) is 80.6 Å². The van der Waals surface area contributed by atoms with Crippen molar-refractivity contribution in [1.29, 1.82) is 0 Å². The second kappa shape index (κ2) is 5.54. The SMILES string of the molecule is Cc1c(C(=O)Nc2ccc3c(c2)N(C)C(=O)CO3)sc(=O)n1C. The number of nitrogens with one attached hydrogen (secondary N) is 1. The van der Waals surface area contributed by atoms with Gasteiger partial charge in [-0.2, -0.15) is 0 Å². The lowest BCUT2D eigenvalue weighted by atomic mass is 10.2. The molecule has 2 amide bonds. The van der Waals surface area contributed by atoms with E-state index in [9.17, 15) is 14.4 Å². The molecule has 0 radical (unpaired) electrons. The molecule has 23 heavy (non-hydrogen) atoms. The highest BCUT2D eigenvalue weighted by atomic mass is 32.1. The van der Waals surface area contributed by atoms with Crippen LogP contribution in [0.15, 0.2) is 23.0 Å². The number of aromatic nitrogens is 1. The molecule has 120 valence electrons. The first-order valence-electron chi connectivity index (χ1n) is 6.89. The van der Waals surface area contributed by atoms with E-state index in [0.717, 1.165) is 11.3 Å². The molecule has 0 atom stereocenters. The van der Waals surface area contributed by atoms with Gasteiger partial charge in [0.25, 0.3) is 11.8 Å². The highest BCUT2D eigenvalue weighted by Gasteiger charge is 2.23. The molecular formula is C15H15N3O4S. The minimum absolute atomic E-state index is 0.00632. The number of anilines is 2. The van der Waals surface area contributed by atoms with Crippen LogP contribution in [0.25, 0.3) is 0 Å². The van der Waals surface area contributed by atoms with Crippen LogP contribution in [0, 0.1) is 6.92 Å². The zero-order valence-electron chi connectivity index (χ0n) is 12.9. The lowest BCUT2D eigenvalue weighted by molar-refractivity contribution is -0.120. The number of hydrogen-bond acceptors (Lipinski definition) is 5. The molecule has 2 heterocycles. The zero-order chi connectivity index (χ0) is 16.7. The number of fused-ring (bicyclic) bond motifs is 1. The molecule has 0 fully saturated rings. The quantitative estimate of drug-likeness (QED) is 0.900. The number of ether oxygens (including phenoxy) is 1. The van der Waals surface area contributed by atoms with Crippen molar-refractivity contribution in [2.45, 2.75) is 6.92 Å². The van der Waals surface area contributed by atoms with E-state index in [1.54, 1.807) is 39.2 Å². The summed E-state index contributed by atoms with van der Waals surface area (Å²) in [4.78, 5) is 37.3. The van der Waals surface area contributed by atoms with Gasteiger partial charge in [0, 0.05) is 25.5 Å². The first kappa shape index (κ1) is 15.3. The Morgan fingerprint density at radius 1 is 1.30 bits per heavy atom. The largest absolute Gasteiger partial charge is 0.482 e. The summed E-state index contributed by atoms with van der Waals surface area (Å²) in [5.74, 6) is 0.0830. The number of thiazole rings is 1. The molecule has 1 N–H and O–H groups in total. The van der Waals surface area contributed by atoms with Crippen LogP contribution in [0.3, 0.4) is 0 Å². The van der Waals surface area contributed by atoms with Crippen LogP contribution in [0.4, 0.5) is 11.4 Å². The van der Waals surface area contributed by atoms with E-state index in [0.29, 0.717) is 27.7 Å². The number of amides is 2. The van der Waals surface area contributed by atoms with Crippen molar-refractivity contribution in [2.24, 2.45) is 7.05 Å². The smallest absolute Gasteiger partial charge is 0.307 e. The van der Waals surface area contributed by atoms with Gasteiger partial charge in [-0.25, -0.2) is 0 Å². The Hall–Kier alpha value is -2.61. The Bertz CT molecular complexity index is 868. The summed E-state index contributed by atoms with van der Waals surface area (Å²) >= 11 is 0.904. The maximum Gasteiger partial charge on any atom is 0.307 e. The lowest BCUT2D eigenvalue weighted by Gasteiger charge is -2.26. The van der Waals surface area contributed by atoms with Crippen LogP contribution >= 0.6 is 11.3 Å². The molecule has 2 aromatic rings. The third-order valence-electron chi connectivity index (χ3n) is 3.80. The first-order valence-corrected chi connectivity index (χ1v) is 7.71. The fourth-order valence-electron chi connectivity index (χ4n) is 2.27. The number of rotatable bonds is 2. The normalized spacial score (nSPS) is 13.5. The van der Waals surface area contributed by atoms with Gasteiger partial charge in [0.2, 0.25) is 0 Å². The molecule has 0 spiro atoms. The minimum Gasteiger partial charge on any atom is -0.482 e. The van der Waals surface area contributed by atoms with Crippen molar-refractivity contribution in [3.05, 3.63) is 38.4 Å². The van der Waals surface area contributed by atoms with Gasteiger partial charge >= 0.3 is 4.87 Å². The molecule has 0 saturated carbocycles. The second-order valence-corrected chi connectivity index (χ2v) is 6.18. The zero-order valence-corrected chi connectivity index (χ0v) is 13.7. The van der Waals surface area contributed by atoms with Gasteiger partial charge < -0.3 is 19.5 Å². The van der Waals surface area contributed by atoms with Crippen LogP contribution in [-0.2, 0) is 11.8 Å². The first-order chi connectivity index (χ1) is 10.9. The molecule has 1 aliphatic heterocycles. The van der Waals surface area contributed by atoms with Gasteiger partial charge in [0.1, 0.15) is 10.6 Å². The maximum atomic E-state index is 12.3. The number of carbonyl (C=O) groups is 2. The van der Waals surface area contributed by atoms with E-state index in [-0.39, 0.29) is 23.3 Å². The van der Waals surface area contributed by atoms with Gasteiger partial charge in [-0.05, 0) is 25.1 Å². The van der Waals surface area contributed by atoms with Crippen LogP contribution in [0.2, 0.25) is 0 Å². The summed E-state index contributed by atoms with van der Waals surface area (Å²) in [6.45, 7) is 1.73. The van der Waals surface area contributed by atoms with E-state index in [1.165, 1.54) is 9.47 Å². The second-order valence-electron chi connectivity index (χ2n) is 5.22. The molecule has 3 rings (SSSR count). The molecule has 8 heteroatoms. The summed E-state index contributed by atoms with van der Waals surface area (Å²) in [7, 11) is 3.28. The van der Waals surface area contributed by atoms with Crippen molar-refractivity contribution in [3.8, 4) is 5.75 Å². The van der Waals surface area contributed by atoms with Gasteiger partial charge in [-0.1, -0.05) is 11.3 Å². The molecule has 1 aromatic heterocycles. The predicted molar refractivity (Wildman–Crippen MR) is 87.6 cm³/mol. The van der Waals surface area contributed by atoms with Crippen molar-refractivity contribution >= 4 is 34.5 Å². The Labute approximate surface area is 136 Å². The Morgan fingerprint density at radius 2 is 2.04 bits per heavy atom. The monoisotopic (exact) mass is 333 g/mol. The van der Waals surface area contributed by atoms with Crippen molar-refractivity contribution in [2.75, 3.05) is 23.9 Å². The van der Waals surface area contributed by atoms with Crippen LogP contribution in [0.5, 0.6) is 5.75 Å². The Kier molecular flexibility index (Phi) is 3.69. The summed E-state index contributed by atoms with van der Waals surface area (Å²) in [6, 6.07) is 5.07. The van der Waals surface area contributed by atoms with E-state index < -0.39 is 0 Å². The Morgan fingerprint density at radius 3 is 2.70 bits per heavy atom. The van der Waals surface area contributed by atoms with Gasteiger partial charge in [-0.3, -0.25) is 14.4 Å². The van der Waals surface area contributed by atoms with E-state index in [4.69, 9.17) is 4.74 Å². The van der Waals surface area contributed by atoms with Crippen LogP contribution in [-0.4, -0.2) is 30.0 Å². The fraction of sp³-hybridized carbons (Fsp3) is 0.267. The summed E-state index contributed by atoms with van der Waals surface area (Å²) in [5, 5.41) is 2.75. The molecule has 7 nitrogen and oxygen atoms in total. The van der Waals surface area contributed by atoms with Crippen molar-refractivity contribution in [3.63, 3.8) is 0 Å². The van der Waals surface area contributed by atoms with Gasteiger partial charge in [0.05, 0.1) is 5.69 Å². The molecular weight excluding hydrogens is 318 g/mol. The summed E-state index contributed by atoms with van der Waals surface area (Å²) in [6.07, 6.45) is 0. The molecule has 1 aromatic carbocycles. The standard InChI is InChI=1S/C15H15N3O4S/c1-8-13(23-15(21)17(8)2)14(20)16-9-4-5-11-10(6-9)18(3)12(19)7-22-11/h4-6H,7H2,1-3H3,(H,16,20). The third kappa shape index (κ3) is 2.61. The van der Waals surface area contributed by atoms with Crippen molar-refractivity contribution in [1.82, 2.24) is 4.57 Å². The highest BCUT2D eigenvalue weighted by Crippen LogP contribution is 2.33. The predicted octanol–water partition coefficient (Wildman–Crippen LogP) is 1.36. The van der Waals surface area contributed by atoms with E-state index >= 15 is 0 Å². The Balaban J connectivity index is 1.89. The van der Waals surface area contributed by atoms with Gasteiger partial charge in [-0.15, -0.1) is 0 Å². The molecule has 0 unspecified atom stereocenters. The maximum absolute atomic E-state index is 12.3.